The molecule has 0 radical (unpaired) electrons. The van der Waals surface area contributed by atoms with Crippen LogP contribution in [0, 0.1) is 12.3 Å². The summed E-state index contributed by atoms with van der Waals surface area (Å²) < 4.78 is 23.1. The highest BCUT2D eigenvalue weighted by Gasteiger charge is 2.35. The van der Waals surface area contributed by atoms with Crippen LogP contribution in [-0.2, 0) is 14.6 Å². The molecule has 1 unspecified atom stereocenters. The summed E-state index contributed by atoms with van der Waals surface area (Å²) in [4.78, 5) is 13.9. The van der Waals surface area contributed by atoms with Gasteiger partial charge in [0.25, 0.3) is 5.91 Å². The first-order valence-electron chi connectivity index (χ1n) is 6.29. The Balaban J connectivity index is 2.17. The molecule has 2 aliphatic rings. The third kappa shape index (κ3) is 2.99. The van der Waals surface area contributed by atoms with E-state index < -0.39 is 9.84 Å². The number of hydrogen-bond acceptors (Lipinski definition) is 4. The smallest absolute Gasteiger partial charge is 0.250 e. The molecule has 1 atom stereocenters. The molecule has 2 heterocycles. The average Bonchev–Trinajstić information content (AvgIpc) is 2.63. The maximum Gasteiger partial charge on any atom is 0.250 e. The largest absolute Gasteiger partial charge is 0.324 e. The molecule has 2 saturated heterocycles. The van der Waals surface area contributed by atoms with Gasteiger partial charge < -0.3 is 10.2 Å². The first-order valence-corrected chi connectivity index (χ1v) is 8.11. The van der Waals surface area contributed by atoms with Crippen molar-refractivity contribution < 1.29 is 13.2 Å². The van der Waals surface area contributed by atoms with Crippen molar-refractivity contribution in [2.24, 2.45) is 0 Å². The molecule has 5 nitrogen and oxygen atoms in total. The van der Waals surface area contributed by atoms with Gasteiger partial charge in [-0.15, -0.1) is 6.42 Å². The zero-order valence-electron chi connectivity index (χ0n) is 11.0. The molecule has 0 aromatic carbocycles. The standard InChI is InChI=1S/C13H18N2O3S/c1-3-5-15(12-4-6-19(17,18)9-12)13(16)10(2)11-7-14-8-11/h1,12,14H,4-9H2,2H3. The van der Waals surface area contributed by atoms with Crippen molar-refractivity contribution in [2.75, 3.05) is 31.1 Å². The molecular formula is C13H18N2O3S. The second-order valence-electron chi connectivity index (χ2n) is 5.03. The van der Waals surface area contributed by atoms with E-state index in [0.29, 0.717) is 12.0 Å². The lowest BCUT2D eigenvalue weighted by Crippen LogP contribution is -2.44. The molecule has 0 spiro atoms. The molecule has 0 aromatic heterocycles. The Kier molecular flexibility index (Phi) is 3.97. The highest BCUT2D eigenvalue weighted by atomic mass is 32.2. The van der Waals surface area contributed by atoms with Crippen molar-refractivity contribution >= 4 is 15.7 Å². The molecule has 19 heavy (non-hydrogen) atoms. The minimum atomic E-state index is -3.02. The summed E-state index contributed by atoms with van der Waals surface area (Å²) in [5.74, 6) is 2.50. The Labute approximate surface area is 114 Å². The number of rotatable bonds is 3. The van der Waals surface area contributed by atoms with E-state index in [9.17, 15) is 13.2 Å². The van der Waals surface area contributed by atoms with E-state index in [4.69, 9.17) is 6.42 Å². The summed E-state index contributed by atoms with van der Waals surface area (Å²) >= 11 is 0. The molecule has 0 aromatic rings. The fourth-order valence-electron chi connectivity index (χ4n) is 2.37. The lowest BCUT2D eigenvalue weighted by atomic mass is 10.0. The second kappa shape index (κ2) is 5.35. The van der Waals surface area contributed by atoms with Crippen LogP contribution in [0.25, 0.3) is 0 Å². The van der Waals surface area contributed by atoms with Crippen molar-refractivity contribution in [2.45, 2.75) is 19.4 Å². The normalized spacial score (nSPS) is 24.4. The number of carbonyl (C=O) groups excluding carboxylic acids is 1. The summed E-state index contributed by atoms with van der Waals surface area (Å²) in [6.07, 6.45) is 5.79. The predicted octanol–water partition coefficient (Wildman–Crippen LogP) is -0.445. The maximum atomic E-state index is 12.4. The number of terminal acetylenes is 1. The predicted molar refractivity (Wildman–Crippen MR) is 73.2 cm³/mol. The Bertz CT molecular complexity index is 551. The van der Waals surface area contributed by atoms with Gasteiger partial charge in [-0.25, -0.2) is 8.42 Å². The van der Waals surface area contributed by atoms with Crippen molar-refractivity contribution in [1.29, 1.82) is 0 Å². The van der Waals surface area contributed by atoms with E-state index in [-0.39, 0.29) is 30.0 Å². The van der Waals surface area contributed by atoms with Crippen molar-refractivity contribution in [3.8, 4) is 12.3 Å². The van der Waals surface area contributed by atoms with Crippen LogP contribution in [0.1, 0.15) is 13.3 Å². The van der Waals surface area contributed by atoms with E-state index in [1.165, 1.54) is 4.90 Å². The Morgan fingerprint density at radius 3 is 2.63 bits per heavy atom. The van der Waals surface area contributed by atoms with E-state index in [1.54, 1.807) is 6.92 Å². The molecule has 2 rings (SSSR count). The summed E-state index contributed by atoms with van der Waals surface area (Å²) in [5, 5.41) is 3.09. The van der Waals surface area contributed by atoms with Crippen molar-refractivity contribution in [3.05, 3.63) is 11.1 Å². The first-order chi connectivity index (χ1) is 8.94. The molecule has 0 bridgehead atoms. The van der Waals surface area contributed by atoms with Crippen molar-refractivity contribution in [1.82, 2.24) is 10.2 Å². The molecule has 0 saturated carbocycles. The third-order valence-electron chi connectivity index (χ3n) is 3.70. The number of hydrogen-bond donors (Lipinski definition) is 1. The highest BCUT2D eigenvalue weighted by Crippen LogP contribution is 2.21. The zero-order chi connectivity index (χ0) is 14.0. The second-order valence-corrected chi connectivity index (χ2v) is 7.25. The minimum absolute atomic E-state index is 0.0291. The fourth-order valence-corrected chi connectivity index (χ4v) is 4.10. The van der Waals surface area contributed by atoms with Gasteiger partial charge in [-0.2, -0.15) is 0 Å². The van der Waals surface area contributed by atoms with Crippen molar-refractivity contribution in [3.63, 3.8) is 0 Å². The number of carbonyl (C=O) groups is 1. The van der Waals surface area contributed by atoms with Gasteiger partial charge in [0.05, 0.1) is 18.1 Å². The van der Waals surface area contributed by atoms with E-state index in [0.717, 1.165) is 18.7 Å². The van der Waals surface area contributed by atoms with Crippen LogP contribution in [0.15, 0.2) is 11.1 Å². The maximum absolute atomic E-state index is 12.4. The molecule has 1 N–H and O–H groups in total. The van der Waals surface area contributed by atoms with Crippen LogP contribution in [0.3, 0.4) is 0 Å². The minimum Gasteiger partial charge on any atom is -0.324 e. The fraction of sp³-hybridized carbons (Fsp3) is 0.615. The number of nitrogens with one attached hydrogen (secondary N) is 1. The van der Waals surface area contributed by atoms with Gasteiger partial charge in [0.15, 0.2) is 9.84 Å². The van der Waals surface area contributed by atoms with Crippen LogP contribution in [0.4, 0.5) is 0 Å². The number of nitrogens with zero attached hydrogens (tertiary/aromatic N) is 1. The van der Waals surface area contributed by atoms with Crippen LogP contribution in [0.2, 0.25) is 0 Å². The topological polar surface area (TPSA) is 66.5 Å². The van der Waals surface area contributed by atoms with Crippen LogP contribution in [0.5, 0.6) is 0 Å². The summed E-state index contributed by atoms with van der Waals surface area (Å²) in [6.45, 7) is 3.40. The quantitative estimate of drug-likeness (QED) is 0.563. The third-order valence-corrected chi connectivity index (χ3v) is 5.45. The van der Waals surface area contributed by atoms with Gasteiger partial charge in [0, 0.05) is 24.7 Å². The Hall–Kier alpha value is -1.32. The number of sulfone groups is 1. The molecule has 6 heteroatoms. The van der Waals surface area contributed by atoms with Crippen LogP contribution in [-0.4, -0.2) is 56.4 Å². The molecule has 2 fully saturated rings. The van der Waals surface area contributed by atoms with Crippen LogP contribution >= 0.6 is 0 Å². The van der Waals surface area contributed by atoms with Gasteiger partial charge in [-0.1, -0.05) is 5.92 Å². The summed E-state index contributed by atoms with van der Waals surface area (Å²) in [7, 11) is -3.02. The van der Waals surface area contributed by atoms with Gasteiger partial charge >= 0.3 is 0 Å². The lowest BCUT2D eigenvalue weighted by molar-refractivity contribution is -0.128. The zero-order valence-corrected chi connectivity index (χ0v) is 11.8. The van der Waals surface area contributed by atoms with Gasteiger partial charge in [0.1, 0.15) is 0 Å². The van der Waals surface area contributed by atoms with E-state index in [1.807, 2.05) is 0 Å². The van der Waals surface area contributed by atoms with E-state index >= 15 is 0 Å². The average molecular weight is 282 g/mol. The highest BCUT2D eigenvalue weighted by molar-refractivity contribution is 7.91. The van der Waals surface area contributed by atoms with Gasteiger partial charge in [0.2, 0.25) is 0 Å². The van der Waals surface area contributed by atoms with E-state index in [2.05, 4.69) is 11.2 Å². The Morgan fingerprint density at radius 1 is 1.53 bits per heavy atom. The molecule has 104 valence electrons. The molecular weight excluding hydrogens is 264 g/mol. The molecule has 0 aliphatic carbocycles. The summed E-state index contributed by atoms with van der Waals surface area (Å²) in [6, 6.07) is -0.280. The molecule has 2 aliphatic heterocycles. The first kappa shape index (κ1) is 14.1. The molecule has 1 amide bonds. The summed E-state index contributed by atoms with van der Waals surface area (Å²) in [5.41, 5.74) is 1.77. The van der Waals surface area contributed by atoms with Crippen LogP contribution < -0.4 is 5.32 Å². The number of amides is 1. The van der Waals surface area contributed by atoms with Gasteiger partial charge in [-0.3, -0.25) is 4.79 Å². The monoisotopic (exact) mass is 282 g/mol. The Morgan fingerprint density at radius 2 is 2.21 bits per heavy atom. The lowest BCUT2D eigenvalue weighted by Gasteiger charge is -2.29. The van der Waals surface area contributed by atoms with Gasteiger partial charge in [-0.05, 0) is 18.9 Å². The SMILES string of the molecule is C#CCN(C(=O)C(C)=C1CNC1)C1CCS(=O)(=O)C1.